The minimum absolute atomic E-state index is 0.109. The number of aliphatic hydroxyl groups is 1. The summed E-state index contributed by atoms with van der Waals surface area (Å²) in [5, 5.41) is 10.9. The second-order valence-electron chi connectivity index (χ2n) is 6.80. The maximum absolute atomic E-state index is 14.7. The number of carbonyl (C=O) groups excluding carboxylic acids is 2. The topological polar surface area (TPSA) is 57.6 Å². The van der Waals surface area contributed by atoms with Gasteiger partial charge < -0.3 is 10.0 Å². The highest BCUT2D eigenvalue weighted by molar-refractivity contribution is 6.46. The Bertz CT molecular complexity index is 1090. The van der Waals surface area contributed by atoms with Crippen molar-refractivity contribution in [2.24, 2.45) is 0 Å². The van der Waals surface area contributed by atoms with Gasteiger partial charge in [-0.05, 0) is 11.6 Å². The van der Waals surface area contributed by atoms with E-state index < -0.39 is 23.5 Å². The molecule has 3 aromatic carbocycles. The average Bonchev–Trinajstić information content (AvgIpc) is 3.00. The van der Waals surface area contributed by atoms with Crippen molar-refractivity contribution in [2.45, 2.75) is 12.6 Å². The third kappa shape index (κ3) is 3.43. The second kappa shape index (κ2) is 7.72. The summed E-state index contributed by atoms with van der Waals surface area (Å²) in [4.78, 5) is 27.1. The van der Waals surface area contributed by atoms with Crippen LogP contribution in [0.1, 0.15) is 22.7 Å². The molecule has 0 saturated carbocycles. The molecule has 1 aliphatic heterocycles. The molecule has 1 fully saturated rings. The summed E-state index contributed by atoms with van der Waals surface area (Å²) in [5.74, 6) is -2.45. The molecule has 0 radical (unpaired) electrons. The number of hydrogen-bond acceptors (Lipinski definition) is 3. The van der Waals surface area contributed by atoms with E-state index in [1.54, 1.807) is 42.5 Å². The molecule has 1 aliphatic rings. The summed E-state index contributed by atoms with van der Waals surface area (Å²) in [5.41, 5.74) is 1.25. The first-order chi connectivity index (χ1) is 14.1. The Morgan fingerprint density at radius 3 is 2.10 bits per heavy atom. The van der Waals surface area contributed by atoms with Crippen LogP contribution in [0.2, 0.25) is 0 Å². The third-order valence-electron chi connectivity index (χ3n) is 4.98. The van der Waals surface area contributed by atoms with Crippen LogP contribution in [0.4, 0.5) is 4.39 Å². The van der Waals surface area contributed by atoms with E-state index in [1.165, 1.54) is 17.0 Å². The van der Waals surface area contributed by atoms with E-state index in [9.17, 15) is 19.1 Å². The molecule has 4 nitrogen and oxygen atoms in total. The van der Waals surface area contributed by atoms with Gasteiger partial charge in [-0.3, -0.25) is 9.59 Å². The first-order valence-corrected chi connectivity index (χ1v) is 9.20. The van der Waals surface area contributed by atoms with Gasteiger partial charge >= 0.3 is 0 Å². The molecule has 0 aromatic heterocycles. The zero-order valence-corrected chi connectivity index (χ0v) is 15.5. The number of hydrogen-bond donors (Lipinski definition) is 1. The van der Waals surface area contributed by atoms with Crippen molar-refractivity contribution in [1.29, 1.82) is 0 Å². The Balaban J connectivity index is 1.89. The fraction of sp³-hybridized carbons (Fsp3) is 0.0833. The summed E-state index contributed by atoms with van der Waals surface area (Å²) in [6, 6.07) is 22.6. The number of rotatable bonds is 4. The van der Waals surface area contributed by atoms with Crippen LogP contribution in [-0.2, 0) is 16.1 Å². The maximum Gasteiger partial charge on any atom is 0.295 e. The van der Waals surface area contributed by atoms with Gasteiger partial charge in [0, 0.05) is 17.7 Å². The SMILES string of the molecule is O=C1C(=O)N(Cc2ccccc2)[C@H](c2ccccc2F)C1=C(O)c1ccccc1. The summed E-state index contributed by atoms with van der Waals surface area (Å²) < 4.78 is 14.7. The summed E-state index contributed by atoms with van der Waals surface area (Å²) in [7, 11) is 0. The molecule has 1 saturated heterocycles. The molecule has 0 aliphatic carbocycles. The Labute approximate surface area is 167 Å². The highest BCUT2D eigenvalue weighted by Crippen LogP contribution is 2.41. The predicted octanol–water partition coefficient (Wildman–Crippen LogP) is 4.45. The van der Waals surface area contributed by atoms with Crippen molar-refractivity contribution >= 4 is 17.4 Å². The smallest absolute Gasteiger partial charge is 0.295 e. The highest BCUT2D eigenvalue weighted by atomic mass is 19.1. The highest BCUT2D eigenvalue weighted by Gasteiger charge is 2.46. The minimum atomic E-state index is -1.02. The lowest BCUT2D eigenvalue weighted by Gasteiger charge is -2.25. The van der Waals surface area contributed by atoms with Gasteiger partial charge in [0.25, 0.3) is 11.7 Å². The van der Waals surface area contributed by atoms with Gasteiger partial charge in [0.15, 0.2) is 0 Å². The molecule has 0 spiro atoms. The first kappa shape index (κ1) is 18.6. The quantitative estimate of drug-likeness (QED) is 0.409. The van der Waals surface area contributed by atoms with Crippen molar-refractivity contribution in [3.05, 3.63) is 113 Å². The lowest BCUT2D eigenvalue weighted by Crippen LogP contribution is -2.29. The number of halogens is 1. The lowest BCUT2D eigenvalue weighted by atomic mass is 9.95. The van der Waals surface area contributed by atoms with Crippen molar-refractivity contribution < 1.29 is 19.1 Å². The van der Waals surface area contributed by atoms with Gasteiger partial charge in [-0.25, -0.2) is 4.39 Å². The maximum atomic E-state index is 14.7. The molecule has 5 heteroatoms. The monoisotopic (exact) mass is 387 g/mol. The average molecular weight is 387 g/mol. The van der Waals surface area contributed by atoms with E-state index in [0.29, 0.717) is 5.56 Å². The molecular formula is C24H18FNO3. The number of Topliss-reactive ketones (excluding diaryl/α,β-unsaturated/α-hetero) is 1. The van der Waals surface area contributed by atoms with E-state index in [0.717, 1.165) is 5.56 Å². The van der Waals surface area contributed by atoms with E-state index in [2.05, 4.69) is 0 Å². The Kier molecular flexibility index (Phi) is 4.96. The number of carbonyl (C=O) groups is 2. The summed E-state index contributed by atoms with van der Waals surface area (Å²) in [6.07, 6.45) is 0. The van der Waals surface area contributed by atoms with Gasteiger partial charge in [-0.15, -0.1) is 0 Å². The van der Waals surface area contributed by atoms with Gasteiger partial charge in [-0.1, -0.05) is 78.9 Å². The van der Waals surface area contributed by atoms with Gasteiger partial charge in [0.2, 0.25) is 0 Å². The molecule has 1 atom stereocenters. The fourth-order valence-corrected chi connectivity index (χ4v) is 3.59. The van der Waals surface area contributed by atoms with E-state index >= 15 is 0 Å². The number of amides is 1. The van der Waals surface area contributed by atoms with E-state index in [-0.39, 0.29) is 23.4 Å². The molecule has 0 unspecified atom stereocenters. The molecule has 0 bridgehead atoms. The van der Waals surface area contributed by atoms with Crippen LogP contribution < -0.4 is 0 Å². The Hall–Kier alpha value is -3.73. The molecule has 1 N–H and O–H groups in total. The second-order valence-corrected chi connectivity index (χ2v) is 6.80. The standard InChI is InChI=1S/C24H18FNO3/c25-19-14-8-7-13-18(19)21-20(22(27)17-11-5-2-6-12-17)23(28)24(29)26(21)15-16-9-3-1-4-10-16/h1-14,21,27H,15H2/t21-/m1/s1. The molecule has 3 aromatic rings. The van der Waals surface area contributed by atoms with Crippen LogP contribution in [0.5, 0.6) is 0 Å². The van der Waals surface area contributed by atoms with Gasteiger partial charge in [0.1, 0.15) is 11.6 Å². The lowest BCUT2D eigenvalue weighted by molar-refractivity contribution is -0.140. The Morgan fingerprint density at radius 2 is 1.45 bits per heavy atom. The largest absolute Gasteiger partial charge is 0.507 e. The third-order valence-corrected chi connectivity index (χ3v) is 4.98. The molecule has 1 heterocycles. The Morgan fingerprint density at radius 1 is 0.862 bits per heavy atom. The molecule has 1 amide bonds. The summed E-state index contributed by atoms with van der Waals surface area (Å²) >= 11 is 0. The first-order valence-electron chi connectivity index (χ1n) is 9.20. The van der Waals surface area contributed by atoms with E-state index in [1.807, 2.05) is 30.3 Å². The van der Waals surface area contributed by atoms with Crippen molar-refractivity contribution in [2.75, 3.05) is 0 Å². The van der Waals surface area contributed by atoms with Crippen LogP contribution in [0.25, 0.3) is 5.76 Å². The van der Waals surface area contributed by atoms with Crippen LogP contribution in [0.3, 0.4) is 0 Å². The van der Waals surface area contributed by atoms with Crippen molar-refractivity contribution in [3.8, 4) is 0 Å². The molecular weight excluding hydrogens is 369 g/mol. The zero-order chi connectivity index (χ0) is 20.4. The number of ketones is 1. The normalized spacial score (nSPS) is 18.2. The summed E-state index contributed by atoms with van der Waals surface area (Å²) in [6.45, 7) is 0.121. The number of nitrogens with zero attached hydrogens (tertiary/aromatic N) is 1. The van der Waals surface area contributed by atoms with E-state index in [4.69, 9.17) is 0 Å². The minimum Gasteiger partial charge on any atom is -0.507 e. The van der Waals surface area contributed by atoms with Gasteiger partial charge in [0.05, 0.1) is 11.6 Å². The van der Waals surface area contributed by atoms with Crippen LogP contribution >= 0.6 is 0 Å². The van der Waals surface area contributed by atoms with Crippen molar-refractivity contribution in [1.82, 2.24) is 4.90 Å². The number of likely N-dealkylation sites (tertiary alicyclic amines) is 1. The van der Waals surface area contributed by atoms with Crippen molar-refractivity contribution in [3.63, 3.8) is 0 Å². The predicted molar refractivity (Wildman–Crippen MR) is 107 cm³/mol. The molecule has 4 rings (SSSR count). The van der Waals surface area contributed by atoms with Crippen LogP contribution in [0, 0.1) is 5.82 Å². The number of benzene rings is 3. The number of aliphatic hydroxyl groups excluding tert-OH is 1. The zero-order valence-electron chi connectivity index (χ0n) is 15.5. The fourth-order valence-electron chi connectivity index (χ4n) is 3.59. The molecule has 144 valence electrons. The van der Waals surface area contributed by atoms with Crippen LogP contribution in [-0.4, -0.2) is 21.7 Å². The molecule has 29 heavy (non-hydrogen) atoms. The van der Waals surface area contributed by atoms with Gasteiger partial charge in [-0.2, -0.15) is 0 Å². The van der Waals surface area contributed by atoms with Crippen LogP contribution in [0.15, 0.2) is 90.5 Å².